The number of nitro groups is 1. The van der Waals surface area contributed by atoms with Gasteiger partial charge < -0.3 is 9.64 Å². The fourth-order valence-electron chi connectivity index (χ4n) is 2.32. The van der Waals surface area contributed by atoms with E-state index in [0.717, 1.165) is 12.1 Å². The van der Waals surface area contributed by atoms with Gasteiger partial charge in [-0.1, -0.05) is 11.8 Å². The number of rotatable bonds is 5. The number of non-ortho nitro benzene ring substituents is 1. The molecule has 140 valence electrons. The Kier molecular flexibility index (Phi) is 5.51. The number of carbonyl (C=O) groups excluding carboxylic acids is 3. The summed E-state index contributed by atoms with van der Waals surface area (Å²) in [4.78, 5) is 51.2. The quantitative estimate of drug-likeness (QED) is 0.318. The Balaban J connectivity index is 1.57. The molecule has 0 amide bonds. The highest BCUT2D eigenvalue weighted by molar-refractivity contribution is 8.14. The Hall–Kier alpha value is -2.79. The standard InChI is InChI=1S/C16H13N3O6S2/c1-9(20)27-12-6-18(7-12)16-17-13(8-26-16)15(22)25-14(21)10-2-4-11(5-3-10)19(23)24/h2-5,8,12H,6-7H2,1H3. The maximum absolute atomic E-state index is 12.1. The first kappa shape index (κ1) is 19.0. The fourth-order valence-corrected chi connectivity index (χ4v) is 4.12. The molecule has 0 atom stereocenters. The zero-order valence-electron chi connectivity index (χ0n) is 14.0. The molecule has 2 heterocycles. The molecule has 1 aromatic heterocycles. The normalized spacial score (nSPS) is 13.7. The molecule has 0 saturated carbocycles. The molecule has 9 nitrogen and oxygen atoms in total. The van der Waals surface area contributed by atoms with Crippen LogP contribution in [0.4, 0.5) is 10.8 Å². The first-order chi connectivity index (χ1) is 12.8. The van der Waals surface area contributed by atoms with Gasteiger partial charge in [-0.15, -0.1) is 11.3 Å². The van der Waals surface area contributed by atoms with Crippen LogP contribution in [0.15, 0.2) is 29.6 Å². The number of carbonyl (C=O) groups is 3. The van der Waals surface area contributed by atoms with E-state index in [0.29, 0.717) is 18.2 Å². The number of thiazole rings is 1. The average Bonchev–Trinajstić information content (AvgIpc) is 3.07. The van der Waals surface area contributed by atoms with Crippen molar-refractivity contribution in [3.8, 4) is 0 Å². The zero-order chi connectivity index (χ0) is 19.6. The van der Waals surface area contributed by atoms with Gasteiger partial charge in [-0.05, 0) is 12.1 Å². The Bertz CT molecular complexity index is 905. The van der Waals surface area contributed by atoms with E-state index in [1.165, 1.54) is 47.5 Å². The number of ether oxygens (including phenoxy) is 1. The smallest absolute Gasteiger partial charge is 0.365 e. The van der Waals surface area contributed by atoms with Gasteiger partial charge in [0, 0.05) is 42.8 Å². The van der Waals surface area contributed by atoms with Crippen LogP contribution in [0, 0.1) is 10.1 Å². The van der Waals surface area contributed by atoms with E-state index in [9.17, 15) is 24.5 Å². The first-order valence-electron chi connectivity index (χ1n) is 7.72. The fraction of sp³-hybridized carbons (Fsp3) is 0.250. The number of hydrogen-bond acceptors (Lipinski definition) is 10. The number of esters is 2. The number of hydrogen-bond donors (Lipinski definition) is 0. The highest BCUT2D eigenvalue weighted by Crippen LogP contribution is 2.30. The van der Waals surface area contributed by atoms with Gasteiger partial charge in [-0.2, -0.15) is 0 Å². The minimum absolute atomic E-state index is 0.00735. The van der Waals surface area contributed by atoms with Crippen molar-refractivity contribution in [2.45, 2.75) is 12.2 Å². The van der Waals surface area contributed by atoms with Crippen LogP contribution >= 0.6 is 23.1 Å². The van der Waals surface area contributed by atoms with Gasteiger partial charge >= 0.3 is 11.9 Å². The van der Waals surface area contributed by atoms with Crippen LogP contribution in [-0.4, -0.2) is 45.3 Å². The molecule has 0 N–H and O–H groups in total. The summed E-state index contributed by atoms with van der Waals surface area (Å²) in [6.07, 6.45) is 0. The second-order valence-corrected chi connectivity index (χ2v) is 7.95. The summed E-state index contributed by atoms with van der Waals surface area (Å²) in [5.74, 6) is -1.80. The van der Waals surface area contributed by atoms with E-state index >= 15 is 0 Å². The molecule has 3 rings (SSSR count). The van der Waals surface area contributed by atoms with Gasteiger partial charge in [-0.3, -0.25) is 14.9 Å². The van der Waals surface area contributed by atoms with Crippen LogP contribution in [-0.2, 0) is 9.53 Å². The third-order valence-electron chi connectivity index (χ3n) is 3.65. The number of nitro benzene ring substituents is 1. The van der Waals surface area contributed by atoms with E-state index < -0.39 is 16.9 Å². The van der Waals surface area contributed by atoms with E-state index in [-0.39, 0.29) is 27.3 Å². The summed E-state index contributed by atoms with van der Waals surface area (Å²) in [5, 5.41) is 13.0. The summed E-state index contributed by atoms with van der Waals surface area (Å²) in [6, 6.07) is 4.74. The van der Waals surface area contributed by atoms with Crippen LogP contribution in [0.3, 0.4) is 0 Å². The van der Waals surface area contributed by atoms with Crippen molar-refractivity contribution in [1.82, 2.24) is 4.98 Å². The molecule has 0 radical (unpaired) electrons. The maximum atomic E-state index is 12.1. The van der Waals surface area contributed by atoms with Gasteiger partial charge in [0.25, 0.3) is 5.69 Å². The van der Waals surface area contributed by atoms with E-state index in [1.807, 2.05) is 4.90 Å². The molecule has 1 aromatic carbocycles. The Labute approximate surface area is 161 Å². The molecule has 1 saturated heterocycles. The van der Waals surface area contributed by atoms with Crippen molar-refractivity contribution < 1.29 is 24.0 Å². The van der Waals surface area contributed by atoms with Gasteiger partial charge in [0.2, 0.25) is 0 Å². The molecule has 2 aromatic rings. The second-order valence-electron chi connectivity index (χ2n) is 5.63. The molecule has 11 heteroatoms. The number of nitrogens with zero attached hydrogens (tertiary/aromatic N) is 3. The maximum Gasteiger partial charge on any atom is 0.365 e. The van der Waals surface area contributed by atoms with Crippen molar-refractivity contribution in [3.63, 3.8) is 0 Å². The SMILES string of the molecule is CC(=O)SC1CN(c2nc(C(=O)OC(=O)c3ccc([N+](=O)[O-])cc3)cs2)C1. The van der Waals surface area contributed by atoms with Gasteiger partial charge in [0.15, 0.2) is 15.9 Å². The van der Waals surface area contributed by atoms with Crippen LogP contribution < -0.4 is 4.90 Å². The highest BCUT2D eigenvalue weighted by atomic mass is 32.2. The second kappa shape index (κ2) is 7.84. The van der Waals surface area contributed by atoms with Crippen molar-refractivity contribution in [3.05, 3.63) is 51.0 Å². The lowest BCUT2D eigenvalue weighted by Crippen LogP contribution is -2.49. The molecule has 0 spiro atoms. The predicted octanol–water partition coefficient (Wildman–Crippen LogP) is 2.52. The summed E-state index contributed by atoms with van der Waals surface area (Å²) in [5.41, 5.74) is -0.137. The predicted molar refractivity (Wildman–Crippen MR) is 99.2 cm³/mol. The number of thioether (sulfide) groups is 1. The monoisotopic (exact) mass is 407 g/mol. The topological polar surface area (TPSA) is 120 Å². The summed E-state index contributed by atoms with van der Waals surface area (Å²) in [7, 11) is 0. The third kappa shape index (κ3) is 4.49. The van der Waals surface area contributed by atoms with E-state index in [2.05, 4.69) is 4.98 Å². The minimum Gasteiger partial charge on any atom is -0.385 e. The van der Waals surface area contributed by atoms with Gasteiger partial charge in [-0.25, -0.2) is 14.6 Å². The zero-order valence-corrected chi connectivity index (χ0v) is 15.6. The Morgan fingerprint density at radius 3 is 2.52 bits per heavy atom. The van der Waals surface area contributed by atoms with E-state index in [1.54, 1.807) is 0 Å². The van der Waals surface area contributed by atoms with Gasteiger partial charge in [0.05, 0.1) is 10.5 Å². The van der Waals surface area contributed by atoms with Gasteiger partial charge in [0.1, 0.15) is 0 Å². The largest absolute Gasteiger partial charge is 0.385 e. The molecule has 0 bridgehead atoms. The third-order valence-corrected chi connectivity index (χ3v) is 5.52. The Morgan fingerprint density at radius 2 is 1.93 bits per heavy atom. The van der Waals surface area contributed by atoms with Crippen LogP contribution in [0.5, 0.6) is 0 Å². The molecule has 1 aliphatic heterocycles. The average molecular weight is 407 g/mol. The first-order valence-corrected chi connectivity index (χ1v) is 9.48. The number of anilines is 1. The number of aromatic nitrogens is 1. The molecule has 27 heavy (non-hydrogen) atoms. The van der Waals surface area contributed by atoms with Crippen LogP contribution in [0.1, 0.15) is 27.8 Å². The van der Waals surface area contributed by atoms with Crippen molar-refractivity contribution in [2.24, 2.45) is 0 Å². The molecule has 0 aliphatic carbocycles. The highest BCUT2D eigenvalue weighted by Gasteiger charge is 2.31. The van der Waals surface area contributed by atoms with Crippen LogP contribution in [0.25, 0.3) is 0 Å². The Morgan fingerprint density at radius 1 is 1.26 bits per heavy atom. The molecular weight excluding hydrogens is 394 g/mol. The van der Waals surface area contributed by atoms with Crippen molar-refractivity contribution >= 4 is 51.0 Å². The lowest BCUT2D eigenvalue weighted by Gasteiger charge is -2.37. The lowest BCUT2D eigenvalue weighted by atomic mass is 10.2. The summed E-state index contributed by atoms with van der Waals surface area (Å²) < 4.78 is 4.77. The lowest BCUT2D eigenvalue weighted by molar-refractivity contribution is -0.384. The van der Waals surface area contributed by atoms with Crippen LogP contribution in [0.2, 0.25) is 0 Å². The summed E-state index contributed by atoms with van der Waals surface area (Å²) in [6.45, 7) is 2.84. The van der Waals surface area contributed by atoms with Crippen molar-refractivity contribution in [2.75, 3.05) is 18.0 Å². The molecule has 1 aliphatic rings. The minimum atomic E-state index is -0.911. The molecular formula is C16H13N3O6S2. The van der Waals surface area contributed by atoms with E-state index in [4.69, 9.17) is 4.74 Å². The summed E-state index contributed by atoms with van der Waals surface area (Å²) >= 11 is 2.52. The van der Waals surface area contributed by atoms with Crippen molar-refractivity contribution in [1.29, 1.82) is 0 Å². The molecule has 0 unspecified atom stereocenters. The number of benzene rings is 1. The molecule has 1 fully saturated rings.